The number of alkyl halides is 3. The summed E-state index contributed by atoms with van der Waals surface area (Å²) < 4.78 is 35.4. The van der Waals surface area contributed by atoms with Crippen LogP contribution in [-0.2, 0) is 0 Å². The molecule has 0 unspecified atom stereocenters. The molecule has 0 spiro atoms. The van der Waals surface area contributed by atoms with E-state index in [4.69, 9.17) is 5.73 Å². The summed E-state index contributed by atoms with van der Waals surface area (Å²) in [5, 5.41) is 4.04. The molecule has 7 heteroatoms. The number of carbonyl (C=O) groups excluding carboxylic acids is 1. The molecule has 1 rings (SSSR count). The van der Waals surface area contributed by atoms with Crippen LogP contribution in [0.1, 0.15) is 22.5 Å². The molecule has 3 nitrogen and oxygen atoms in total. The molecule has 3 N–H and O–H groups in total. The van der Waals surface area contributed by atoms with Crippen LogP contribution in [0.15, 0.2) is 11.4 Å². The van der Waals surface area contributed by atoms with Crippen molar-refractivity contribution in [2.75, 3.05) is 12.3 Å². The van der Waals surface area contributed by atoms with Gasteiger partial charge in [0.05, 0.1) is 5.69 Å². The Kier molecular flexibility index (Phi) is 4.17. The molecular weight excluding hydrogens is 241 g/mol. The molecule has 1 heterocycles. The van der Waals surface area contributed by atoms with E-state index >= 15 is 0 Å². The fourth-order valence-electron chi connectivity index (χ4n) is 1.07. The number of halogens is 3. The molecule has 1 aromatic heterocycles. The summed E-state index contributed by atoms with van der Waals surface area (Å²) in [5.41, 5.74) is 5.83. The minimum atomic E-state index is -4.17. The Bertz CT molecular complexity index is 362. The summed E-state index contributed by atoms with van der Waals surface area (Å²) in [6.45, 7) is -0.00428. The number of hydrogen-bond donors (Lipinski definition) is 2. The summed E-state index contributed by atoms with van der Waals surface area (Å²) in [5.74, 6) is -0.422. The van der Waals surface area contributed by atoms with Crippen LogP contribution in [0.4, 0.5) is 18.9 Å². The van der Waals surface area contributed by atoms with Crippen LogP contribution in [0, 0.1) is 0 Å². The van der Waals surface area contributed by atoms with E-state index in [0.717, 1.165) is 11.3 Å². The smallest absolute Gasteiger partial charge is 0.389 e. The third-order valence-electron chi connectivity index (χ3n) is 1.82. The van der Waals surface area contributed by atoms with Crippen LogP contribution < -0.4 is 11.1 Å². The molecule has 0 radical (unpaired) electrons. The van der Waals surface area contributed by atoms with Crippen molar-refractivity contribution in [2.24, 2.45) is 0 Å². The first-order valence-corrected chi connectivity index (χ1v) is 5.46. The minimum Gasteiger partial charge on any atom is -0.397 e. The molecule has 1 aromatic rings. The predicted octanol–water partition coefficient (Wildman–Crippen LogP) is 2.40. The van der Waals surface area contributed by atoms with Gasteiger partial charge in [-0.15, -0.1) is 11.3 Å². The van der Waals surface area contributed by atoms with Crippen molar-refractivity contribution in [1.82, 2.24) is 5.32 Å². The van der Waals surface area contributed by atoms with Gasteiger partial charge in [0.25, 0.3) is 5.91 Å². The third-order valence-corrected chi connectivity index (χ3v) is 2.75. The number of hydrogen-bond acceptors (Lipinski definition) is 3. The van der Waals surface area contributed by atoms with Gasteiger partial charge in [-0.1, -0.05) is 0 Å². The SMILES string of the molecule is Nc1ccsc1C(=O)NCCCC(F)(F)F. The number of rotatable bonds is 4. The van der Waals surface area contributed by atoms with Gasteiger partial charge in [0.1, 0.15) is 4.88 Å². The maximum atomic E-state index is 11.8. The first-order chi connectivity index (χ1) is 7.40. The lowest BCUT2D eigenvalue weighted by Gasteiger charge is -2.06. The highest BCUT2D eigenvalue weighted by Gasteiger charge is 2.26. The predicted molar refractivity (Wildman–Crippen MR) is 56.4 cm³/mol. The van der Waals surface area contributed by atoms with Crippen molar-refractivity contribution in [2.45, 2.75) is 19.0 Å². The lowest BCUT2D eigenvalue weighted by molar-refractivity contribution is -0.135. The lowest BCUT2D eigenvalue weighted by atomic mass is 10.3. The molecule has 0 saturated carbocycles. The van der Waals surface area contributed by atoms with Crippen LogP contribution in [0.3, 0.4) is 0 Å². The second-order valence-corrected chi connectivity index (χ2v) is 4.10. The van der Waals surface area contributed by atoms with Gasteiger partial charge in [0.2, 0.25) is 0 Å². The molecule has 1 amide bonds. The molecule has 0 bridgehead atoms. The average Bonchev–Trinajstić information content (AvgIpc) is 2.57. The Morgan fingerprint density at radius 1 is 1.50 bits per heavy atom. The van der Waals surface area contributed by atoms with Gasteiger partial charge in [0.15, 0.2) is 0 Å². The fraction of sp³-hybridized carbons (Fsp3) is 0.444. The highest BCUT2D eigenvalue weighted by Crippen LogP contribution is 2.21. The third kappa shape index (κ3) is 4.09. The van der Waals surface area contributed by atoms with Crippen LogP contribution in [0.5, 0.6) is 0 Å². The number of nitrogens with two attached hydrogens (primary N) is 1. The zero-order valence-corrected chi connectivity index (χ0v) is 9.12. The van der Waals surface area contributed by atoms with E-state index in [1.54, 1.807) is 11.4 Å². The first-order valence-electron chi connectivity index (χ1n) is 4.58. The van der Waals surface area contributed by atoms with Crippen molar-refractivity contribution < 1.29 is 18.0 Å². The van der Waals surface area contributed by atoms with Crippen LogP contribution in [0.2, 0.25) is 0 Å². The van der Waals surface area contributed by atoms with Crippen LogP contribution >= 0.6 is 11.3 Å². The van der Waals surface area contributed by atoms with Crippen molar-refractivity contribution >= 4 is 22.9 Å². The Labute approximate surface area is 94.4 Å². The highest BCUT2D eigenvalue weighted by molar-refractivity contribution is 7.12. The summed E-state index contributed by atoms with van der Waals surface area (Å²) in [4.78, 5) is 11.7. The zero-order valence-electron chi connectivity index (χ0n) is 8.30. The van der Waals surface area contributed by atoms with E-state index in [1.165, 1.54) is 0 Å². The van der Waals surface area contributed by atoms with E-state index in [-0.39, 0.29) is 13.0 Å². The van der Waals surface area contributed by atoms with Gasteiger partial charge >= 0.3 is 6.18 Å². The largest absolute Gasteiger partial charge is 0.397 e. The maximum absolute atomic E-state index is 11.8. The second-order valence-electron chi connectivity index (χ2n) is 3.18. The quantitative estimate of drug-likeness (QED) is 0.808. The summed E-state index contributed by atoms with van der Waals surface area (Å²) in [7, 11) is 0. The maximum Gasteiger partial charge on any atom is 0.389 e. The van der Waals surface area contributed by atoms with Gasteiger partial charge in [0, 0.05) is 13.0 Å². The van der Waals surface area contributed by atoms with E-state index in [1.807, 2.05) is 0 Å². The second kappa shape index (κ2) is 5.20. The van der Waals surface area contributed by atoms with E-state index in [0.29, 0.717) is 10.6 Å². The molecule has 0 fully saturated rings. The van der Waals surface area contributed by atoms with E-state index in [2.05, 4.69) is 5.32 Å². The molecule has 0 aromatic carbocycles. The minimum absolute atomic E-state index is 0.00428. The number of anilines is 1. The molecule has 90 valence electrons. The molecule has 0 aliphatic heterocycles. The monoisotopic (exact) mass is 252 g/mol. The van der Waals surface area contributed by atoms with Gasteiger partial charge in [-0.25, -0.2) is 0 Å². The standard InChI is InChI=1S/C9H11F3N2OS/c10-9(11,12)3-1-4-14-8(15)7-6(13)2-5-16-7/h2,5H,1,3-4,13H2,(H,14,15). The number of nitrogens with one attached hydrogen (secondary N) is 1. The molecular formula is C9H11F3N2OS. The molecule has 0 aliphatic rings. The zero-order chi connectivity index (χ0) is 12.2. The molecule has 16 heavy (non-hydrogen) atoms. The summed E-state index contributed by atoms with van der Waals surface area (Å²) in [6.07, 6.45) is -5.19. The van der Waals surface area contributed by atoms with E-state index in [9.17, 15) is 18.0 Å². The highest BCUT2D eigenvalue weighted by atomic mass is 32.1. The number of nitrogen functional groups attached to an aromatic ring is 1. The van der Waals surface area contributed by atoms with E-state index < -0.39 is 18.5 Å². The number of thiophene rings is 1. The number of amides is 1. The Hall–Kier alpha value is -1.24. The Morgan fingerprint density at radius 2 is 2.19 bits per heavy atom. The molecule has 0 aliphatic carbocycles. The normalized spacial score (nSPS) is 11.4. The molecule has 0 atom stereocenters. The van der Waals surface area contributed by atoms with Crippen molar-refractivity contribution in [3.8, 4) is 0 Å². The average molecular weight is 252 g/mol. The van der Waals surface area contributed by atoms with Gasteiger partial charge in [-0.2, -0.15) is 13.2 Å². The van der Waals surface area contributed by atoms with Crippen molar-refractivity contribution in [1.29, 1.82) is 0 Å². The van der Waals surface area contributed by atoms with Gasteiger partial charge < -0.3 is 11.1 Å². The number of carbonyl (C=O) groups is 1. The summed E-state index contributed by atoms with van der Waals surface area (Å²) >= 11 is 1.16. The Balaban J connectivity index is 2.29. The summed E-state index contributed by atoms with van der Waals surface area (Å²) in [6, 6.07) is 1.58. The van der Waals surface area contributed by atoms with Crippen LogP contribution in [0.25, 0.3) is 0 Å². The van der Waals surface area contributed by atoms with Gasteiger partial charge in [-0.3, -0.25) is 4.79 Å². The molecule has 0 saturated heterocycles. The first kappa shape index (κ1) is 12.8. The topological polar surface area (TPSA) is 55.1 Å². The van der Waals surface area contributed by atoms with Crippen LogP contribution in [-0.4, -0.2) is 18.6 Å². The van der Waals surface area contributed by atoms with Gasteiger partial charge in [-0.05, 0) is 17.9 Å². The lowest BCUT2D eigenvalue weighted by Crippen LogP contribution is -2.25. The Morgan fingerprint density at radius 3 is 2.69 bits per heavy atom. The van der Waals surface area contributed by atoms with Crippen molar-refractivity contribution in [3.63, 3.8) is 0 Å². The fourth-order valence-corrected chi connectivity index (χ4v) is 1.81. The van der Waals surface area contributed by atoms with Crippen molar-refractivity contribution in [3.05, 3.63) is 16.3 Å².